The number of hydrogen-bond donors (Lipinski definition) is 1. The molecule has 1 aliphatic rings. The number of nitrogens with zero attached hydrogens (tertiary/aromatic N) is 2. The minimum absolute atomic E-state index is 0.0113. The van der Waals surface area contributed by atoms with Crippen LogP contribution in [0, 0.1) is 5.92 Å². The molecule has 0 aliphatic carbocycles. The highest BCUT2D eigenvalue weighted by Crippen LogP contribution is 2.37. The van der Waals surface area contributed by atoms with Crippen molar-refractivity contribution < 1.29 is 27.9 Å². The molecule has 9 heteroatoms. The summed E-state index contributed by atoms with van der Waals surface area (Å²) in [5, 5.41) is 8.55. The minimum atomic E-state index is -4.66. The Morgan fingerprint density at radius 2 is 1.75 bits per heavy atom. The molecule has 5 nitrogen and oxygen atoms in total. The summed E-state index contributed by atoms with van der Waals surface area (Å²) in [4.78, 5) is 27.9. The Balaban J connectivity index is 1.95. The first kappa shape index (κ1) is 24.1. The van der Waals surface area contributed by atoms with Gasteiger partial charge in [0.05, 0.1) is 17.1 Å². The van der Waals surface area contributed by atoms with Crippen molar-refractivity contribution in [2.45, 2.75) is 32.5 Å². The van der Waals surface area contributed by atoms with Gasteiger partial charge in [0.2, 0.25) is 0 Å². The summed E-state index contributed by atoms with van der Waals surface area (Å²) < 4.78 is 40.3. The summed E-state index contributed by atoms with van der Waals surface area (Å²) in [6, 6.07) is 9.29. The van der Waals surface area contributed by atoms with Gasteiger partial charge < -0.3 is 10.0 Å². The van der Waals surface area contributed by atoms with Crippen LogP contribution in [0.5, 0.6) is 0 Å². The van der Waals surface area contributed by atoms with Crippen LogP contribution in [0.25, 0.3) is 0 Å². The van der Waals surface area contributed by atoms with Gasteiger partial charge in [-0.05, 0) is 42.5 Å². The number of amides is 2. The second kappa shape index (κ2) is 9.92. The number of ketones is 1. The standard InChI is InChI=1S/C23H24ClF3N2O3/c1-15-8-10-28(11-9-15)22(32)29(13-16-2-4-17(5-3-16)21(31)14-30)18-6-7-20(24)19(12-18)23(25,26)27/h2-7,12,15,30H,8-11,13-14H2,1H3. The first-order valence-corrected chi connectivity index (χ1v) is 10.6. The second-order valence-electron chi connectivity index (χ2n) is 7.98. The number of urea groups is 1. The van der Waals surface area contributed by atoms with Crippen LogP contribution in [-0.2, 0) is 12.7 Å². The number of piperidine rings is 1. The number of anilines is 1. The third kappa shape index (κ3) is 5.61. The molecule has 1 heterocycles. The van der Waals surface area contributed by atoms with Crippen molar-refractivity contribution >= 4 is 29.1 Å². The fourth-order valence-corrected chi connectivity index (χ4v) is 3.83. The van der Waals surface area contributed by atoms with Gasteiger partial charge in [0.25, 0.3) is 0 Å². The van der Waals surface area contributed by atoms with Crippen LogP contribution in [-0.4, -0.2) is 41.5 Å². The fourth-order valence-electron chi connectivity index (χ4n) is 3.61. The van der Waals surface area contributed by atoms with Gasteiger partial charge in [0.1, 0.15) is 6.61 Å². The van der Waals surface area contributed by atoms with E-state index in [2.05, 4.69) is 6.92 Å². The lowest BCUT2D eigenvalue weighted by Gasteiger charge is -2.35. The largest absolute Gasteiger partial charge is 0.417 e. The molecule has 1 saturated heterocycles. The quantitative estimate of drug-likeness (QED) is 0.598. The van der Waals surface area contributed by atoms with Crippen molar-refractivity contribution in [2.24, 2.45) is 5.92 Å². The number of carbonyl (C=O) groups excluding carboxylic acids is 2. The van der Waals surface area contributed by atoms with Crippen LogP contribution in [0.4, 0.5) is 23.7 Å². The number of alkyl halides is 3. The molecular formula is C23H24ClF3N2O3. The maximum Gasteiger partial charge on any atom is 0.417 e. The van der Waals surface area contributed by atoms with Crippen LogP contribution in [0.15, 0.2) is 42.5 Å². The number of likely N-dealkylation sites (tertiary alicyclic amines) is 1. The van der Waals surface area contributed by atoms with E-state index in [4.69, 9.17) is 16.7 Å². The highest BCUT2D eigenvalue weighted by Gasteiger charge is 2.35. The zero-order chi connectivity index (χ0) is 23.5. The Hall–Kier alpha value is -2.58. The lowest BCUT2D eigenvalue weighted by Crippen LogP contribution is -2.46. The molecule has 0 spiro atoms. The normalized spacial score (nSPS) is 15.0. The Kier molecular flexibility index (Phi) is 7.46. The van der Waals surface area contributed by atoms with Gasteiger partial charge in [-0.3, -0.25) is 9.69 Å². The zero-order valence-corrected chi connectivity index (χ0v) is 18.3. The number of Topliss-reactive ketones (excluding diaryl/α,β-unsaturated/α-hetero) is 1. The summed E-state index contributed by atoms with van der Waals surface area (Å²) in [5.41, 5.74) is 0.0122. The van der Waals surface area contributed by atoms with Crippen LogP contribution in [0.3, 0.4) is 0 Å². The van der Waals surface area contributed by atoms with E-state index in [-0.39, 0.29) is 18.3 Å². The molecule has 32 heavy (non-hydrogen) atoms. The number of aliphatic hydroxyl groups excluding tert-OH is 1. The summed E-state index contributed by atoms with van der Waals surface area (Å²) in [6.07, 6.45) is -3.01. The van der Waals surface area contributed by atoms with Gasteiger partial charge in [-0.2, -0.15) is 13.2 Å². The van der Waals surface area contributed by atoms with Crippen molar-refractivity contribution in [1.29, 1.82) is 0 Å². The molecule has 0 radical (unpaired) electrons. The molecule has 1 N–H and O–H groups in total. The third-order valence-corrected chi connectivity index (χ3v) is 5.94. The average Bonchev–Trinajstić information content (AvgIpc) is 2.77. The van der Waals surface area contributed by atoms with Crippen molar-refractivity contribution in [2.75, 3.05) is 24.6 Å². The molecule has 2 amide bonds. The van der Waals surface area contributed by atoms with E-state index in [1.165, 1.54) is 23.1 Å². The van der Waals surface area contributed by atoms with Crippen molar-refractivity contribution in [3.63, 3.8) is 0 Å². The van der Waals surface area contributed by atoms with Crippen LogP contribution in [0.1, 0.15) is 41.3 Å². The van der Waals surface area contributed by atoms with Crippen LogP contribution < -0.4 is 4.90 Å². The first-order chi connectivity index (χ1) is 15.1. The SMILES string of the molecule is CC1CCN(C(=O)N(Cc2ccc(C(=O)CO)cc2)c2ccc(Cl)c(C(F)(F)F)c2)CC1. The predicted molar refractivity (Wildman–Crippen MR) is 116 cm³/mol. The molecule has 172 valence electrons. The molecule has 0 bridgehead atoms. The maximum absolute atomic E-state index is 13.4. The number of carbonyl (C=O) groups is 2. The Bertz CT molecular complexity index is 971. The lowest BCUT2D eigenvalue weighted by molar-refractivity contribution is -0.137. The molecule has 3 rings (SSSR count). The second-order valence-corrected chi connectivity index (χ2v) is 8.39. The van der Waals surface area contributed by atoms with Crippen molar-refractivity contribution in [3.8, 4) is 0 Å². The van der Waals surface area contributed by atoms with E-state index in [1.54, 1.807) is 17.0 Å². The summed E-state index contributed by atoms with van der Waals surface area (Å²) in [6.45, 7) is 2.55. The van der Waals surface area contributed by atoms with E-state index in [0.717, 1.165) is 25.0 Å². The van der Waals surface area contributed by atoms with Crippen LogP contribution in [0.2, 0.25) is 5.02 Å². The smallest absolute Gasteiger partial charge is 0.388 e. The highest BCUT2D eigenvalue weighted by molar-refractivity contribution is 6.31. The minimum Gasteiger partial charge on any atom is -0.388 e. The summed E-state index contributed by atoms with van der Waals surface area (Å²) in [7, 11) is 0. The molecule has 1 aliphatic heterocycles. The van der Waals surface area contributed by atoms with E-state index in [1.807, 2.05) is 0 Å². The fraction of sp³-hybridized carbons (Fsp3) is 0.391. The van der Waals surface area contributed by atoms with E-state index in [9.17, 15) is 22.8 Å². The lowest BCUT2D eigenvalue weighted by atomic mass is 9.99. The van der Waals surface area contributed by atoms with Crippen molar-refractivity contribution in [1.82, 2.24) is 4.90 Å². The molecule has 2 aromatic carbocycles. The first-order valence-electron chi connectivity index (χ1n) is 10.3. The zero-order valence-electron chi connectivity index (χ0n) is 17.5. The molecule has 0 aromatic heterocycles. The number of aliphatic hydroxyl groups is 1. The van der Waals surface area contributed by atoms with Crippen LogP contribution >= 0.6 is 11.6 Å². The number of benzene rings is 2. The maximum atomic E-state index is 13.4. The molecular weight excluding hydrogens is 445 g/mol. The van der Waals surface area contributed by atoms with Gasteiger partial charge in [-0.25, -0.2) is 4.79 Å². The summed E-state index contributed by atoms with van der Waals surface area (Å²) in [5.74, 6) is 0.0379. The number of rotatable bonds is 5. The molecule has 1 fully saturated rings. The van der Waals surface area contributed by atoms with Gasteiger partial charge in [0.15, 0.2) is 5.78 Å². The van der Waals surface area contributed by atoms with Crippen molar-refractivity contribution in [3.05, 3.63) is 64.2 Å². The Morgan fingerprint density at radius 1 is 1.12 bits per heavy atom. The van der Waals surface area contributed by atoms with E-state index < -0.39 is 29.2 Å². The third-order valence-electron chi connectivity index (χ3n) is 5.61. The van der Waals surface area contributed by atoms with Gasteiger partial charge in [-0.1, -0.05) is 42.8 Å². The molecule has 0 saturated carbocycles. The highest BCUT2D eigenvalue weighted by atomic mass is 35.5. The summed E-state index contributed by atoms with van der Waals surface area (Å²) >= 11 is 5.76. The number of hydrogen-bond acceptors (Lipinski definition) is 3. The Labute approximate surface area is 189 Å². The van der Waals surface area contributed by atoms with Gasteiger partial charge >= 0.3 is 12.2 Å². The van der Waals surface area contributed by atoms with E-state index in [0.29, 0.717) is 30.1 Å². The van der Waals surface area contributed by atoms with E-state index >= 15 is 0 Å². The topological polar surface area (TPSA) is 60.9 Å². The average molecular weight is 469 g/mol. The molecule has 0 unspecified atom stereocenters. The Morgan fingerprint density at radius 3 is 2.31 bits per heavy atom. The predicted octanol–water partition coefficient (Wildman–Crippen LogP) is 5.39. The molecule has 2 aromatic rings. The molecule has 0 atom stereocenters. The van der Waals surface area contributed by atoms with Gasteiger partial charge in [-0.15, -0.1) is 0 Å². The number of halogens is 4. The van der Waals surface area contributed by atoms with Gasteiger partial charge in [0, 0.05) is 24.3 Å². The monoisotopic (exact) mass is 468 g/mol.